The van der Waals surface area contributed by atoms with Gasteiger partial charge in [0.15, 0.2) is 5.82 Å². The van der Waals surface area contributed by atoms with Gasteiger partial charge in [-0.25, -0.2) is 4.98 Å². The normalized spacial score (nSPS) is 10.1. The fourth-order valence-electron chi connectivity index (χ4n) is 0.920. The first-order valence-corrected chi connectivity index (χ1v) is 4.33. The Hall–Kier alpha value is -1.62. The number of hydrogen-bond donors (Lipinski definition) is 1. The third-order valence-corrected chi connectivity index (χ3v) is 1.79. The summed E-state index contributed by atoms with van der Waals surface area (Å²) in [6.45, 7) is 0.477. The van der Waals surface area contributed by atoms with Crippen molar-refractivity contribution in [1.29, 1.82) is 0 Å². The first-order valence-electron chi connectivity index (χ1n) is 3.95. The maximum absolute atomic E-state index is 5.68. The molecule has 0 unspecified atom stereocenters. The highest BCUT2D eigenvalue weighted by Crippen LogP contribution is 2.09. The Balaban J connectivity index is 1.95. The van der Waals surface area contributed by atoms with E-state index >= 15 is 0 Å². The van der Waals surface area contributed by atoms with Crippen molar-refractivity contribution in [3.63, 3.8) is 0 Å². The summed E-state index contributed by atoms with van der Waals surface area (Å²) in [5.74, 6) is 1.31. The number of aromatic nitrogens is 3. The number of nitrogens with one attached hydrogen (secondary N) is 1. The van der Waals surface area contributed by atoms with E-state index in [0.717, 1.165) is 5.82 Å². The first-order chi connectivity index (χ1) is 6.84. The van der Waals surface area contributed by atoms with Gasteiger partial charge in [0.1, 0.15) is 5.82 Å². The molecule has 0 aliphatic heterocycles. The van der Waals surface area contributed by atoms with E-state index in [2.05, 4.69) is 25.0 Å². The molecule has 0 spiro atoms. The zero-order chi connectivity index (χ0) is 9.80. The van der Waals surface area contributed by atoms with Gasteiger partial charge >= 0.3 is 0 Å². The van der Waals surface area contributed by atoms with Gasteiger partial charge < -0.3 is 9.84 Å². The molecule has 0 aromatic carbocycles. The molecule has 0 radical (unpaired) electrons. The predicted octanol–water partition coefficient (Wildman–Crippen LogP) is 1.73. The van der Waals surface area contributed by atoms with Crippen molar-refractivity contribution in [3.05, 3.63) is 35.6 Å². The molecule has 5 nitrogen and oxygen atoms in total. The highest BCUT2D eigenvalue weighted by Gasteiger charge is 1.98. The van der Waals surface area contributed by atoms with Crippen molar-refractivity contribution >= 4 is 17.4 Å². The summed E-state index contributed by atoms with van der Waals surface area (Å²) in [7, 11) is 0. The monoisotopic (exact) mass is 210 g/mol. The van der Waals surface area contributed by atoms with E-state index in [4.69, 9.17) is 11.6 Å². The summed E-state index contributed by atoms with van der Waals surface area (Å²) < 4.78 is 4.58. The van der Waals surface area contributed by atoms with E-state index in [1.54, 1.807) is 18.3 Å². The molecule has 6 heteroatoms. The maximum atomic E-state index is 5.68. The lowest BCUT2D eigenvalue weighted by Crippen LogP contribution is -2.02. The largest absolute Gasteiger partial charge is 0.363 e. The summed E-state index contributed by atoms with van der Waals surface area (Å²) in [4.78, 5) is 7.90. The third-order valence-electron chi connectivity index (χ3n) is 1.56. The molecule has 0 bridgehead atoms. The van der Waals surface area contributed by atoms with Crippen LogP contribution < -0.4 is 5.32 Å². The van der Waals surface area contributed by atoms with Crippen molar-refractivity contribution in [1.82, 2.24) is 15.1 Å². The summed E-state index contributed by atoms with van der Waals surface area (Å²) >= 11 is 5.68. The van der Waals surface area contributed by atoms with Crippen LogP contribution in [0.15, 0.2) is 29.2 Å². The lowest BCUT2D eigenvalue weighted by Gasteiger charge is -2.01. The van der Waals surface area contributed by atoms with Crippen LogP contribution in [0.4, 0.5) is 5.82 Å². The molecule has 0 aliphatic rings. The Morgan fingerprint density at radius 3 is 2.93 bits per heavy atom. The van der Waals surface area contributed by atoms with Crippen LogP contribution in [-0.2, 0) is 6.54 Å². The molecule has 0 saturated carbocycles. The fraction of sp³-hybridized carbons (Fsp3) is 0.125. The maximum Gasteiger partial charge on any atom is 0.213 e. The molecule has 0 saturated heterocycles. The number of pyridine rings is 1. The second-order valence-corrected chi connectivity index (χ2v) is 3.00. The zero-order valence-corrected chi connectivity index (χ0v) is 7.90. The van der Waals surface area contributed by atoms with Crippen LogP contribution in [0.25, 0.3) is 0 Å². The van der Waals surface area contributed by atoms with Gasteiger partial charge in [-0.2, -0.15) is 4.98 Å². The van der Waals surface area contributed by atoms with Crippen LogP contribution in [0.5, 0.6) is 0 Å². The number of nitrogens with zero attached hydrogens (tertiary/aromatic N) is 3. The predicted molar refractivity (Wildman–Crippen MR) is 50.9 cm³/mol. The summed E-state index contributed by atoms with van der Waals surface area (Å²) in [5.41, 5.74) is 0. The quantitative estimate of drug-likeness (QED) is 0.836. The average molecular weight is 211 g/mol. The second kappa shape index (κ2) is 4.06. The number of halogens is 1. The SMILES string of the molecule is Clc1ccc(NCc2ncon2)nc1. The molecule has 0 aliphatic carbocycles. The highest BCUT2D eigenvalue weighted by atomic mass is 35.5. The lowest BCUT2D eigenvalue weighted by molar-refractivity contribution is 0.411. The zero-order valence-electron chi connectivity index (χ0n) is 7.14. The molecule has 0 fully saturated rings. The lowest BCUT2D eigenvalue weighted by atomic mass is 10.4. The molecule has 14 heavy (non-hydrogen) atoms. The van der Waals surface area contributed by atoms with Gasteiger partial charge in [0.2, 0.25) is 6.39 Å². The molecule has 1 N–H and O–H groups in total. The van der Waals surface area contributed by atoms with Gasteiger partial charge in [0.05, 0.1) is 11.6 Å². The smallest absolute Gasteiger partial charge is 0.213 e. The molecule has 0 amide bonds. The van der Waals surface area contributed by atoms with Crippen LogP contribution in [0, 0.1) is 0 Å². The van der Waals surface area contributed by atoms with Gasteiger partial charge in [-0.3, -0.25) is 0 Å². The summed E-state index contributed by atoms with van der Waals surface area (Å²) in [6.07, 6.45) is 2.85. The van der Waals surface area contributed by atoms with Crippen LogP contribution in [-0.4, -0.2) is 15.1 Å². The Bertz CT molecular complexity index is 386. The molecule has 0 atom stereocenters. The minimum Gasteiger partial charge on any atom is -0.363 e. The Labute approximate surface area is 85.1 Å². The average Bonchev–Trinajstić information content (AvgIpc) is 2.70. The van der Waals surface area contributed by atoms with Crippen molar-refractivity contribution in [3.8, 4) is 0 Å². The van der Waals surface area contributed by atoms with Crippen molar-refractivity contribution in [2.45, 2.75) is 6.54 Å². The Morgan fingerprint density at radius 2 is 2.29 bits per heavy atom. The van der Waals surface area contributed by atoms with E-state index in [0.29, 0.717) is 17.4 Å². The summed E-state index contributed by atoms with van der Waals surface area (Å²) in [6, 6.07) is 3.54. The molecule has 72 valence electrons. The van der Waals surface area contributed by atoms with Crippen LogP contribution in [0.1, 0.15) is 5.82 Å². The summed E-state index contributed by atoms with van der Waals surface area (Å²) in [5, 5.41) is 7.27. The van der Waals surface area contributed by atoms with Gasteiger partial charge in [-0.05, 0) is 12.1 Å². The number of hydrogen-bond acceptors (Lipinski definition) is 5. The van der Waals surface area contributed by atoms with Crippen molar-refractivity contribution in [2.24, 2.45) is 0 Å². The van der Waals surface area contributed by atoms with Gasteiger partial charge in [-0.15, -0.1) is 0 Å². The standard InChI is InChI=1S/C8H7ClN4O/c9-6-1-2-7(10-3-6)11-4-8-12-5-14-13-8/h1-3,5H,4H2,(H,10,11). The van der Waals surface area contributed by atoms with Gasteiger partial charge in [0, 0.05) is 6.20 Å². The highest BCUT2D eigenvalue weighted by molar-refractivity contribution is 6.30. The van der Waals surface area contributed by atoms with E-state index in [9.17, 15) is 0 Å². The third kappa shape index (κ3) is 2.20. The van der Waals surface area contributed by atoms with Crippen molar-refractivity contribution in [2.75, 3.05) is 5.32 Å². The number of rotatable bonds is 3. The minimum absolute atomic E-state index is 0.477. The van der Waals surface area contributed by atoms with Crippen LogP contribution in [0.3, 0.4) is 0 Å². The van der Waals surface area contributed by atoms with Crippen molar-refractivity contribution < 1.29 is 4.52 Å². The molecule has 2 aromatic heterocycles. The fourth-order valence-corrected chi connectivity index (χ4v) is 1.03. The molecular formula is C8H7ClN4O. The molecule has 2 heterocycles. The van der Waals surface area contributed by atoms with E-state index in [-0.39, 0.29) is 0 Å². The van der Waals surface area contributed by atoms with Crippen LogP contribution >= 0.6 is 11.6 Å². The molecule has 2 aromatic rings. The van der Waals surface area contributed by atoms with E-state index in [1.165, 1.54) is 6.39 Å². The van der Waals surface area contributed by atoms with Gasteiger partial charge in [-0.1, -0.05) is 16.8 Å². The topological polar surface area (TPSA) is 63.8 Å². The van der Waals surface area contributed by atoms with E-state index in [1.807, 2.05) is 0 Å². The number of anilines is 1. The van der Waals surface area contributed by atoms with Crippen LogP contribution in [0.2, 0.25) is 5.02 Å². The van der Waals surface area contributed by atoms with Gasteiger partial charge in [0.25, 0.3) is 0 Å². The first kappa shape index (κ1) is 8.96. The molecule has 2 rings (SSSR count). The second-order valence-electron chi connectivity index (χ2n) is 2.56. The Morgan fingerprint density at radius 1 is 1.36 bits per heavy atom. The minimum atomic E-state index is 0.477. The molecular weight excluding hydrogens is 204 g/mol. The Kier molecular flexibility index (Phi) is 2.60. The van der Waals surface area contributed by atoms with E-state index < -0.39 is 0 Å².